The summed E-state index contributed by atoms with van der Waals surface area (Å²) in [5, 5.41) is 27.5. The molecule has 0 aliphatic heterocycles. The average Bonchev–Trinajstić information content (AvgIpc) is 3.20. The third kappa shape index (κ3) is 26.7. The summed E-state index contributed by atoms with van der Waals surface area (Å²) >= 11 is 0. The Morgan fingerprint density at radius 1 is 0.500 bits per heavy atom. The lowest BCUT2D eigenvalue weighted by molar-refractivity contribution is -0.393. The highest BCUT2D eigenvalue weighted by Gasteiger charge is 2.19. The van der Waals surface area contributed by atoms with Gasteiger partial charge in [-0.15, -0.1) is 0 Å². The number of hydrogen-bond donors (Lipinski definition) is 2. The van der Waals surface area contributed by atoms with Gasteiger partial charge in [0.05, 0.1) is 148 Å². The summed E-state index contributed by atoms with van der Waals surface area (Å²) in [5.74, 6) is 0. The van der Waals surface area contributed by atoms with Crippen LogP contribution >= 0.6 is 0 Å². The van der Waals surface area contributed by atoms with Crippen molar-refractivity contribution < 1.29 is 66.7 Å². The van der Waals surface area contributed by atoms with Gasteiger partial charge in [-0.3, -0.25) is 20.2 Å². The third-order valence-corrected chi connectivity index (χ3v) is 7.03. The summed E-state index contributed by atoms with van der Waals surface area (Å²) in [6.45, 7) is 9.22. The van der Waals surface area contributed by atoms with E-state index in [9.17, 15) is 25.0 Å². The normalized spacial score (nSPS) is 11.1. The van der Waals surface area contributed by atoms with Gasteiger partial charge in [-0.25, -0.2) is 4.79 Å². The van der Waals surface area contributed by atoms with Crippen molar-refractivity contribution in [2.24, 2.45) is 0 Å². The van der Waals surface area contributed by atoms with Gasteiger partial charge in [-0.1, -0.05) is 30.3 Å². The van der Waals surface area contributed by atoms with Crippen molar-refractivity contribution in [3.63, 3.8) is 0 Å². The molecule has 2 N–H and O–H groups in total. The molecule has 316 valence electrons. The van der Waals surface area contributed by atoms with Crippen LogP contribution in [0.25, 0.3) is 0 Å². The molecule has 20 heteroatoms. The predicted octanol–water partition coefficient (Wildman–Crippen LogP) is 3.01. The van der Waals surface area contributed by atoms with Gasteiger partial charge in [-0.05, 0) is 11.6 Å². The number of carbonyl (C=O) groups excluding carboxylic acids is 1. The SMILES string of the molecule is O=C(NCCOCCOCCOCCOCCOCCOCCOCCOCCOCCOCCNc1ccc([N+](=O)[O-])cc1[N+](=O)[O-])OCc1ccccc1. The van der Waals surface area contributed by atoms with E-state index in [0.717, 1.165) is 11.6 Å². The molecular weight excluding hydrogens is 744 g/mol. The number of hydrogen-bond acceptors (Lipinski definition) is 17. The first-order chi connectivity index (χ1) is 27.5. The van der Waals surface area contributed by atoms with Crippen molar-refractivity contribution in [2.75, 3.05) is 151 Å². The second-order valence-electron chi connectivity index (χ2n) is 11.3. The van der Waals surface area contributed by atoms with Crippen LogP contribution in [0.3, 0.4) is 0 Å². The van der Waals surface area contributed by atoms with Crippen LogP contribution in [0.4, 0.5) is 21.9 Å². The first kappa shape index (κ1) is 48.1. The minimum atomic E-state index is -0.684. The van der Waals surface area contributed by atoms with Crippen LogP contribution in [-0.2, 0) is 58.7 Å². The van der Waals surface area contributed by atoms with E-state index in [1.54, 1.807) is 0 Å². The molecule has 0 saturated carbocycles. The van der Waals surface area contributed by atoms with Gasteiger partial charge in [0, 0.05) is 19.2 Å². The summed E-state index contributed by atoms with van der Waals surface area (Å²) in [5.41, 5.74) is 0.387. The molecule has 0 saturated heterocycles. The topological polar surface area (TPSA) is 229 Å². The standard InChI is InChI=1S/C36H56N4O16/c41-36(56-31-32-4-2-1-3-5-32)38-9-11-47-13-15-49-17-19-51-21-23-53-25-27-55-29-28-54-26-24-52-22-20-50-18-16-48-14-12-46-10-8-37-34-7-6-33(39(42)43)30-35(34)40(44)45/h1-7,30,37H,8-29,31H2,(H,38,41). The molecule has 0 heterocycles. The summed E-state index contributed by atoms with van der Waals surface area (Å²) in [6, 6.07) is 12.9. The molecule has 2 aromatic carbocycles. The van der Waals surface area contributed by atoms with E-state index in [1.165, 1.54) is 12.1 Å². The van der Waals surface area contributed by atoms with Crippen molar-refractivity contribution in [3.8, 4) is 0 Å². The molecule has 20 nitrogen and oxygen atoms in total. The molecule has 0 spiro atoms. The molecular formula is C36H56N4O16. The van der Waals surface area contributed by atoms with E-state index >= 15 is 0 Å². The number of nitro benzene ring substituents is 2. The molecule has 1 amide bonds. The van der Waals surface area contributed by atoms with Crippen LogP contribution in [0.2, 0.25) is 0 Å². The second kappa shape index (κ2) is 34.2. The highest BCUT2D eigenvalue weighted by atomic mass is 16.6. The number of anilines is 1. The third-order valence-electron chi connectivity index (χ3n) is 7.03. The zero-order chi connectivity index (χ0) is 40.2. The summed E-state index contributed by atoms with van der Waals surface area (Å²) in [4.78, 5) is 32.3. The van der Waals surface area contributed by atoms with Crippen LogP contribution in [0.1, 0.15) is 5.56 Å². The molecule has 0 atom stereocenters. The summed E-state index contributed by atoms with van der Waals surface area (Å²) in [7, 11) is 0. The fourth-order valence-electron chi connectivity index (χ4n) is 4.27. The van der Waals surface area contributed by atoms with Gasteiger partial charge < -0.3 is 62.7 Å². The number of amides is 1. The van der Waals surface area contributed by atoms with E-state index in [4.69, 9.17) is 52.1 Å². The van der Waals surface area contributed by atoms with Gasteiger partial charge >= 0.3 is 6.09 Å². The largest absolute Gasteiger partial charge is 0.445 e. The number of carbonyl (C=O) groups is 1. The first-order valence-electron chi connectivity index (χ1n) is 18.4. The summed E-state index contributed by atoms with van der Waals surface area (Å²) < 4.78 is 59.6. The number of non-ortho nitro benzene ring substituents is 1. The van der Waals surface area contributed by atoms with Crippen LogP contribution in [-0.4, -0.2) is 161 Å². The Kier molecular flexibility index (Phi) is 29.3. The molecule has 0 unspecified atom stereocenters. The Hall–Kier alpha value is -4.09. The number of benzene rings is 2. The number of ether oxygens (including phenoxy) is 11. The van der Waals surface area contributed by atoms with Crippen molar-refractivity contribution >= 4 is 23.2 Å². The lowest BCUT2D eigenvalue weighted by Gasteiger charge is -2.09. The van der Waals surface area contributed by atoms with Crippen molar-refractivity contribution in [2.45, 2.75) is 6.61 Å². The number of alkyl carbamates (subject to hydrolysis) is 1. The molecule has 2 aromatic rings. The van der Waals surface area contributed by atoms with Crippen LogP contribution in [0, 0.1) is 20.2 Å². The Morgan fingerprint density at radius 2 is 0.893 bits per heavy atom. The Bertz CT molecular complexity index is 1300. The fourth-order valence-corrected chi connectivity index (χ4v) is 4.27. The van der Waals surface area contributed by atoms with E-state index < -0.39 is 15.9 Å². The smallest absolute Gasteiger partial charge is 0.407 e. The van der Waals surface area contributed by atoms with E-state index in [2.05, 4.69) is 10.6 Å². The lowest BCUT2D eigenvalue weighted by Crippen LogP contribution is -2.28. The molecule has 0 aliphatic rings. The second-order valence-corrected chi connectivity index (χ2v) is 11.3. The maximum atomic E-state index is 11.7. The number of nitro groups is 2. The number of nitrogens with one attached hydrogen (secondary N) is 2. The van der Waals surface area contributed by atoms with Crippen LogP contribution in [0.5, 0.6) is 0 Å². The zero-order valence-corrected chi connectivity index (χ0v) is 31.8. The maximum absolute atomic E-state index is 11.7. The monoisotopic (exact) mass is 800 g/mol. The maximum Gasteiger partial charge on any atom is 0.407 e. The quantitative estimate of drug-likeness (QED) is 0.0565. The lowest BCUT2D eigenvalue weighted by atomic mass is 10.2. The van der Waals surface area contributed by atoms with Gasteiger partial charge in [-0.2, -0.15) is 0 Å². The zero-order valence-electron chi connectivity index (χ0n) is 31.8. The highest BCUT2D eigenvalue weighted by molar-refractivity contribution is 5.67. The fraction of sp³-hybridized carbons (Fsp3) is 0.639. The Morgan fingerprint density at radius 3 is 1.29 bits per heavy atom. The molecule has 0 radical (unpaired) electrons. The summed E-state index contributed by atoms with van der Waals surface area (Å²) in [6.07, 6.45) is -0.482. The Balaban J connectivity index is 1.19. The van der Waals surface area contributed by atoms with Crippen molar-refractivity contribution in [3.05, 3.63) is 74.3 Å². The van der Waals surface area contributed by atoms with Gasteiger partial charge in [0.2, 0.25) is 0 Å². The molecule has 0 bridgehead atoms. The molecule has 0 aromatic heterocycles. The first-order valence-corrected chi connectivity index (χ1v) is 18.4. The van der Waals surface area contributed by atoms with Crippen LogP contribution in [0.15, 0.2) is 48.5 Å². The van der Waals surface area contributed by atoms with Crippen molar-refractivity contribution in [1.82, 2.24) is 5.32 Å². The highest BCUT2D eigenvalue weighted by Crippen LogP contribution is 2.28. The molecule has 0 fully saturated rings. The number of nitrogens with zero attached hydrogens (tertiary/aromatic N) is 2. The van der Waals surface area contributed by atoms with E-state index in [-0.39, 0.29) is 36.8 Å². The number of rotatable bonds is 38. The minimum Gasteiger partial charge on any atom is -0.445 e. The van der Waals surface area contributed by atoms with Gasteiger partial charge in [0.25, 0.3) is 11.4 Å². The van der Waals surface area contributed by atoms with Gasteiger partial charge in [0.15, 0.2) is 0 Å². The van der Waals surface area contributed by atoms with Crippen LogP contribution < -0.4 is 10.6 Å². The van der Waals surface area contributed by atoms with Gasteiger partial charge in [0.1, 0.15) is 12.3 Å². The predicted molar refractivity (Wildman–Crippen MR) is 201 cm³/mol. The average molecular weight is 801 g/mol. The minimum absolute atomic E-state index is 0.181. The Labute approximate surface area is 326 Å². The molecule has 0 aliphatic carbocycles. The molecule has 2 rings (SSSR count). The van der Waals surface area contributed by atoms with Crippen molar-refractivity contribution in [1.29, 1.82) is 0 Å². The van der Waals surface area contributed by atoms with E-state index in [1.807, 2.05) is 30.3 Å². The van der Waals surface area contributed by atoms with E-state index in [0.29, 0.717) is 132 Å². The molecule has 56 heavy (non-hydrogen) atoms.